The molecule has 2 aromatic carbocycles. The summed E-state index contributed by atoms with van der Waals surface area (Å²) < 4.78 is 16.4. The van der Waals surface area contributed by atoms with Gasteiger partial charge in [0.25, 0.3) is 5.91 Å². The molecule has 0 spiro atoms. The third kappa shape index (κ3) is 5.14. The third-order valence-electron chi connectivity index (χ3n) is 6.12. The lowest BCUT2D eigenvalue weighted by molar-refractivity contribution is -0.124. The van der Waals surface area contributed by atoms with Crippen LogP contribution in [0.3, 0.4) is 0 Å². The standard InChI is InChI=1S/C26H28N2O6S/c1-32-20-13-12-16(22(33-2)23(20)34-3)15-21-24(29)28(19-10-5-4-6-11-19)26(35-21)27-18-9-7-8-17(14-18)25(30)31/h7-9,12-15,19H,4-6,10-11H2,1-3H3,(H,30,31)/b21-15-,27-26?. The van der Waals surface area contributed by atoms with Gasteiger partial charge in [-0.15, -0.1) is 0 Å². The highest BCUT2D eigenvalue weighted by Crippen LogP contribution is 2.43. The van der Waals surface area contributed by atoms with E-state index in [0.29, 0.717) is 38.6 Å². The van der Waals surface area contributed by atoms with Gasteiger partial charge < -0.3 is 19.3 Å². The lowest BCUT2D eigenvalue weighted by Gasteiger charge is -2.30. The SMILES string of the molecule is COc1ccc(/C=C2\SC(=Nc3cccc(C(=O)O)c3)N(C3CCCCC3)C2=O)c(OC)c1OC. The van der Waals surface area contributed by atoms with Crippen molar-refractivity contribution < 1.29 is 28.9 Å². The summed E-state index contributed by atoms with van der Waals surface area (Å²) in [5.41, 5.74) is 1.32. The van der Waals surface area contributed by atoms with Gasteiger partial charge in [0.15, 0.2) is 16.7 Å². The monoisotopic (exact) mass is 496 g/mol. The maximum Gasteiger partial charge on any atom is 0.335 e. The highest BCUT2D eigenvalue weighted by Gasteiger charge is 2.39. The van der Waals surface area contributed by atoms with Crippen molar-refractivity contribution in [2.45, 2.75) is 38.1 Å². The van der Waals surface area contributed by atoms with Crippen LogP contribution >= 0.6 is 11.8 Å². The zero-order valence-corrected chi connectivity index (χ0v) is 20.8. The highest BCUT2D eigenvalue weighted by atomic mass is 32.2. The first-order valence-electron chi connectivity index (χ1n) is 11.4. The van der Waals surface area contributed by atoms with E-state index in [0.717, 1.165) is 32.1 Å². The second-order valence-electron chi connectivity index (χ2n) is 8.25. The van der Waals surface area contributed by atoms with Crippen molar-refractivity contribution in [3.8, 4) is 17.2 Å². The van der Waals surface area contributed by atoms with Crippen molar-refractivity contribution in [2.24, 2.45) is 4.99 Å². The van der Waals surface area contributed by atoms with Crippen LogP contribution in [0.25, 0.3) is 6.08 Å². The Labute approximate surface area is 208 Å². The number of carbonyl (C=O) groups is 2. The summed E-state index contributed by atoms with van der Waals surface area (Å²) >= 11 is 1.28. The van der Waals surface area contributed by atoms with Gasteiger partial charge in [-0.25, -0.2) is 9.79 Å². The lowest BCUT2D eigenvalue weighted by atomic mass is 9.94. The van der Waals surface area contributed by atoms with Gasteiger partial charge in [-0.3, -0.25) is 9.69 Å². The minimum atomic E-state index is -1.02. The van der Waals surface area contributed by atoms with Crippen molar-refractivity contribution in [3.05, 3.63) is 52.4 Å². The maximum atomic E-state index is 13.6. The number of aromatic carboxylic acids is 1. The minimum absolute atomic E-state index is 0.0587. The Balaban J connectivity index is 1.76. The molecule has 2 aliphatic rings. The van der Waals surface area contributed by atoms with Crippen molar-refractivity contribution in [1.82, 2.24) is 4.90 Å². The van der Waals surface area contributed by atoms with Crippen LogP contribution in [0.5, 0.6) is 17.2 Å². The van der Waals surface area contributed by atoms with E-state index in [1.807, 2.05) is 6.07 Å². The molecule has 1 saturated heterocycles. The van der Waals surface area contributed by atoms with E-state index in [-0.39, 0.29) is 17.5 Å². The fraction of sp³-hybridized carbons (Fsp3) is 0.346. The van der Waals surface area contributed by atoms with E-state index in [2.05, 4.69) is 0 Å². The molecule has 0 aromatic heterocycles. The molecule has 2 fully saturated rings. The van der Waals surface area contributed by atoms with Crippen LogP contribution in [0.1, 0.15) is 48.0 Å². The normalized spacial score (nSPS) is 18.8. The fourth-order valence-corrected chi connectivity index (χ4v) is 5.47. The number of ether oxygens (including phenoxy) is 3. The van der Waals surface area contributed by atoms with Gasteiger partial charge in [0.05, 0.1) is 37.5 Å². The number of hydrogen-bond acceptors (Lipinski definition) is 7. The predicted octanol–water partition coefficient (Wildman–Crippen LogP) is 5.35. The molecule has 9 heteroatoms. The van der Waals surface area contributed by atoms with Gasteiger partial charge in [-0.1, -0.05) is 25.3 Å². The van der Waals surface area contributed by atoms with Gasteiger partial charge in [-0.05, 0) is 61.0 Å². The first-order valence-corrected chi connectivity index (χ1v) is 12.2. The van der Waals surface area contributed by atoms with Crippen LogP contribution in [0, 0.1) is 0 Å². The summed E-state index contributed by atoms with van der Waals surface area (Å²) in [5, 5.41) is 9.90. The Kier molecular flexibility index (Phi) is 7.65. The number of nitrogens with zero attached hydrogens (tertiary/aromatic N) is 2. The third-order valence-corrected chi connectivity index (χ3v) is 7.10. The molecule has 8 nitrogen and oxygen atoms in total. The molecule has 1 heterocycles. The molecular weight excluding hydrogens is 468 g/mol. The summed E-state index contributed by atoms with van der Waals surface area (Å²) in [4.78, 5) is 32.0. The number of hydrogen-bond donors (Lipinski definition) is 1. The molecule has 0 atom stereocenters. The number of benzene rings is 2. The van der Waals surface area contributed by atoms with E-state index in [4.69, 9.17) is 19.2 Å². The van der Waals surface area contributed by atoms with E-state index in [9.17, 15) is 14.7 Å². The number of carboxylic acids is 1. The Bertz CT molecular complexity index is 1190. The number of methoxy groups -OCH3 is 3. The fourth-order valence-electron chi connectivity index (χ4n) is 4.42. The molecule has 35 heavy (non-hydrogen) atoms. The Morgan fingerprint density at radius 2 is 1.80 bits per heavy atom. The average Bonchev–Trinajstić information content (AvgIpc) is 3.18. The zero-order valence-electron chi connectivity index (χ0n) is 19.9. The second-order valence-corrected chi connectivity index (χ2v) is 9.26. The van der Waals surface area contributed by atoms with E-state index >= 15 is 0 Å². The summed E-state index contributed by atoms with van der Waals surface area (Å²) in [6.07, 6.45) is 6.87. The van der Waals surface area contributed by atoms with Crippen molar-refractivity contribution >= 4 is 40.6 Å². The van der Waals surface area contributed by atoms with Crippen LogP contribution < -0.4 is 14.2 Å². The zero-order chi connectivity index (χ0) is 24.9. The number of aliphatic imine (C=N–C) groups is 1. The summed E-state index contributed by atoms with van der Waals surface area (Å²) in [5.74, 6) is 0.306. The first kappa shape index (κ1) is 24.7. The number of carbonyl (C=O) groups excluding carboxylic acids is 1. The molecule has 1 aliphatic heterocycles. The summed E-state index contributed by atoms with van der Waals surface area (Å²) in [6.45, 7) is 0. The largest absolute Gasteiger partial charge is 0.493 e. The number of amides is 1. The van der Waals surface area contributed by atoms with Crippen LogP contribution in [0.4, 0.5) is 5.69 Å². The van der Waals surface area contributed by atoms with Gasteiger partial charge in [0.2, 0.25) is 5.75 Å². The van der Waals surface area contributed by atoms with E-state index < -0.39 is 5.97 Å². The summed E-state index contributed by atoms with van der Waals surface area (Å²) in [6, 6.07) is 10.1. The molecule has 1 N–H and O–H groups in total. The highest BCUT2D eigenvalue weighted by molar-refractivity contribution is 8.18. The summed E-state index contributed by atoms with van der Waals surface area (Å²) in [7, 11) is 4.63. The molecule has 1 amide bonds. The van der Waals surface area contributed by atoms with Crippen molar-refractivity contribution in [3.63, 3.8) is 0 Å². The first-order chi connectivity index (χ1) is 17.0. The Morgan fingerprint density at radius 3 is 2.46 bits per heavy atom. The lowest BCUT2D eigenvalue weighted by Crippen LogP contribution is -2.40. The van der Waals surface area contributed by atoms with Crippen molar-refractivity contribution in [2.75, 3.05) is 21.3 Å². The van der Waals surface area contributed by atoms with Gasteiger partial charge in [0, 0.05) is 11.6 Å². The van der Waals surface area contributed by atoms with Crippen LogP contribution in [0.2, 0.25) is 0 Å². The molecule has 1 saturated carbocycles. The maximum absolute atomic E-state index is 13.6. The Hall–Kier alpha value is -3.46. The van der Waals surface area contributed by atoms with Crippen molar-refractivity contribution in [1.29, 1.82) is 0 Å². The second kappa shape index (κ2) is 10.9. The number of thioether (sulfide) groups is 1. The van der Waals surface area contributed by atoms with Crippen LogP contribution in [-0.4, -0.2) is 54.4 Å². The van der Waals surface area contributed by atoms with Gasteiger partial charge in [-0.2, -0.15) is 0 Å². The van der Waals surface area contributed by atoms with E-state index in [1.54, 1.807) is 43.4 Å². The Morgan fingerprint density at radius 1 is 1.06 bits per heavy atom. The minimum Gasteiger partial charge on any atom is -0.493 e. The quantitative estimate of drug-likeness (QED) is 0.516. The topological polar surface area (TPSA) is 97.7 Å². The average molecular weight is 497 g/mol. The molecule has 0 radical (unpaired) electrons. The van der Waals surface area contributed by atoms with Crippen LogP contribution in [0.15, 0.2) is 46.3 Å². The van der Waals surface area contributed by atoms with Gasteiger partial charge >= 0.3 is 5.97 Å². The molecule has 2 aromatic rings. The molecule has 0 unspecified atom stereocenters. The molecule has 184 valence electrons. The molecule has 1 aliphatic carbocycles. The number of carboxylic acid groups (broad SMARTS) is 1. The van der Waals surface area contributed by atoms with Crippen LogP contribution in [-0.2, 0) is 4.79 Å². The number of rotatable bonds is 7. The number of amidine groups is 1. The van der Waals surface area contributed by atoms with Gasteiger partial charge in [0.1, 0.15) is 0 Å². The molecular formula is C26H28N2O6S. The smallest absolute Gasteiger partial charge is 0.335 e. The predicted molar refractivity (Wildman–Crippen MR) is 136 cm³/mol. The van der Waals surface area contributed by atoms with E-state index in [1.165, 1.54) is 31.0 Å². The molecule has 0 bridgehead atoms. The molecule has 4 rings (SSSR count).